The van der Waals surface area contributed by atoms with Gasteiger partial charge in [-0.25, -0.2) is 0 Å². The molecule has 1 N–H and O–H groups in total. The van der Waals surface area contributed by atoms with E-state index < -0.39 is 6.10 Å². The number of aliphatic hydroxyl groups is 1. The molecular weight excluding hydrogens is 234 g/mol. The lowest BCUT2D eigenvalue weighted by molar-refractivity contribution is 0.191. The summed E-state index contributed by atoms with van der Waals surface area (Å²) in [4.78, 5) is 3.25. The molecule has 1 atom stereocenters. The van der Waals surface area contributed by atoms with Crippen LogP contribution < -0.4 is 4.74 Å². The van der Waals surface area contributed by atoms with Crippen LogP contribution in [0.5, 0.6) is 5.75 Å². The van der Waals surface area contributed by atoms with Gasteiger partial charge in [-0.2, -0.15) is 0 Å². The second-order valence-electron chi connectivity index (χ2n) is 4.20. The van der Waals surface area contributed by atoms with Gasteiger partial charge in [-0.1, -0.05) is 6.07 Å². The Bertz CT molecular complexity index is 353. The van der Waals surface area contributed by atoms with Gasteiger partial charge in [0.15, 0.2) is 0 Å². The molecule has 0 aliphatic heterocycles. The molecule has 0 fully saturated rings. The summed E-state index contributed by atoms with van der Waals surface area (Å²) in [5.41, 5.74) is 0.888. The molecule has 4 heteroatoms. The average Bonchev–Trinajstić information content (AvgIpc) is 2.27. The molecule has 0 amide bonds. The van der Waals surface area contributed by atoms with E-state index in [-0.39, 0.29) is 0 Å². The Labute approximate surface area is 108 Å². The van der Waals surface area contributed by atoms with Crippen LogP contribution in [0.4, 0.5) is 0 Å². The highest BCUT2D eigenvalue weighted by Gasteiger charge is 2.14. The van der Waals surface area contributed by atoms with E-state index in [9.17, 15) is 5.11 Å². The zero-order chi connectivity index (χ0) is 12.8. The van der Waals surface area contributed by atoms with Crippen molar-refractivity contribution in [2.75, 3.05) is 33.5 Å². The summed E-state index contributed by atoms with van der Waals surface area (Å²) < 4.78 is 5.29. The van der Waals surface area contributed by atoms with Crippen molar-refractivity contribution < 1.29 is 9.84 Å². The van der Waals surface area contributed by atoms with Crippen LogP contribution in [0.15, 0.2) is 23.1 Å². The number of methoxy groups -OCH3 is 1. The first-order chi connectivity index (χ1) is 8.06. The van der Waals surface area contributed by atoms with E-state index in [0.29, 0.717) is 0 Å². The third-order valence-electron chi connectivity index (χ3n) is 2.46. The minimum Gasteiger partial charge on any atom is -0.496 e. The minimum atomic E-state index is -0.506. The van der Waals surface area contributed by atoms with Crippen LogP contribution in [0.3, 0.4) is 0 Å². The number of hydrogen-bond acceptors (Lipinski definition) is 4. The molecular formula is C13H21NO2S. The Kier molecular flexibility index (Phi) is 5.82. The maximum atomic E-state index is 9.82. The number of rotatable bonds is 6. The van der Waals surface area contributed by atoms with Crippen molar-refractivity contribution >= 4 is 11.8 Å². The predicted molar refractivity (Wildman–Crippen MR) is 72.9 cm³/mol. The zero-order valence-electron chi connectivity index (χ0n) is 10.9. The summed E-state index contributed by atoms with van der Waals surface area (Å²) in [5.74, 6) is 1.76. The van der Waals surface area contributed by atoms with E-state index in [1.165, 1.54) is 0 Å². The molecule has 1 aromatic carbocycles. The van der Waals surface area contributed by atoms with Gasteiger partial charge in [0, 0.05) is 22.8 Å². The lowest BCUT2D eigenvalue weighted by Crippen LogP contribution is -2.14. The van der Waals surface area contributed by atoms with Gasteiger partial charge < -0.3 is 14.7 Å². The number of benzene rings is 1. The molecule has 0 unspecified atom stereocenters. The Morgan fingerprint density at radius 1 is 1.41 bits per heavy atom. The van der Waals surface area contributed by atoms with Crippen LogP contribution in [0.25, 0.3) is 0 Å². The SMILES string of the molecule is COc1cccc(SCCN(C)C)c1[C@H](C)O. The van der Waals surface area contributed by atoms with Gasteiger partial charge in [-0.05, 0) is 33.2 Å². The number of aliphatic hydroxyl groups excluding tert-OH is 1. The highest BCUT2D eigenvalue weighted by Crippen LogP contribution is 2.34. The summed E-state index contributed by atoms with van der Waals surface area (Å²) in [7, 11) is 5.75. The van der Waals surface area contributed by atoms with E-state index in [4.69, 9.17) is 4.74 Å². The summed E-state index contributed by atoms with van der Waals surface area (Å²) in [5, 5.41) is 9.82. The van der Waals surface area contributed by atoms with E-state index in [1.54, 1.807) is 25.8 Å². The van der Waals surface area contributed by atoms with Gasteiger partial charge in [0.05, 0.1) is 13.2 Å². The molecule has 0 spiro atoms. The standard InChI is InChI=1S/C13H21NO2S/c1-10(15)13-11(16-4)6-5-7-12(13)17-9-8-14(2)3/h5-7,10,15H,8-9H2,1-4H3/t10-/m0/s1. The summed E-state index contributed by atoms with van der Waals surface area (Å²) in [6.45, 7) is 2.79. The van der Waals surface area contributed by atoms with Gasteiger partial charge in [0.25, 0.3) is 0 Å². The molecule has 1 aromatic rings. The van der Waals surface area contributed by atoms with Crippen LogP contribution in [0.1, 0.15) is 18.6 Å². The van der Waals surface area contributed by atoms with Crippen molar-refractivity contribution in [1.29, 1.82) is 0 Å². The van der Waals surface area contributed by atoms with Crippen molar-refractivity contribution in [2.45, 2.75) is 17.9 Å². The lowest BCUT2D eigenvalue weighted by atomic mass is 10.1. The normalized spacial score (nSPS) is 12.8. The number of hydrogen-bond donors (Lipinski definition) is 1. The molecule has 0 saturated carbocycles. The first-order valence-electron chi connectivity index (χ1n) is 5.68. The monoisotopic (exact) mass is 255 g/mol. The van der Waals surface area contributed by atoms with E-state index >= 15 is 0 Å². The highest BCUT2D eigenvalue weighted by atomic mass is 32.2. The molecule has 0 aromatic heterocycles. The maximum Gasteiger partial charge on any atom is 0.125 e. The van der Waals surface area contributed by atoms with E-state index in [2.05, 4.69) is 19.0 Å². The fourth-order valence-corrected chi connectivity index (χ4v) is 2.86. The fraction of sp³-hybridized carbons (Fsp3) is 0.538. The Hall–Kier alpha value is -0.710. The first kappa shape index (κ1) is 14.4. The quantitative estimate of drug-likeness (QED) is 0.791. The van der Waals surface area contributed by atoms with Gasteiger partial charge >= 0.3 is 0 Å². The molecule has 0 radical (unpaired) electrons. The number of thioether (sulfide) groups is 1. The molecule has 0 aliphatic rings. The van der Waals surface area contributed by atoms with Gasteiger partial charge in [0.2, 0.25) is 0 Å². The number of nitrogens with zero attached hydrogens (tertiary/aromatic N) is 1. The molecule has 17 heavy (non-hydrogen) atoms. The molecule has 1 rings (SSSR count). The summed E-state index contributed by atoms with van der Waals surface area (Å²) >= 11 is 1.75. The van der Waals surface area contributed by atoms with E-state index in [0.717, 1.165) is 28.5 Å². The number of ether oxygens (including phenoxy) is 1. The molecule has 0 bridgehead atoms. The summed E-state index contributed by atoms with van der Waals surface area (Å²) in [6.07, 6.45) is -0.506. The molecule has 0 heterocycles. The Balaban J connectivity index is 2.83. The van der Waals surface area contributed by atoms with Crippen molar-refractivity contribution in [1.82, 2.24) is 4.90 Å². The fourth-order valence-electron chi connectivity index (χ4n) is 1.58. The third kappa shape index (κ3) is 4.22. The van der Waals surface area contributed by atoms with Crippen LogP contribution in [0, 0.1) is 0 Å². The minimum absolute atomic E-state index is 0.506. The topological polar surface area (TPSA) is 32.7 Å². The van der Waals surface area contributed by atoms with Crippen molar-refractivity contribution in [3.8, 4) is 5.75 Å². The average molecular weight is 255 g/mol. The third-order valence-corrected chi connectivity index (χ3v) is 3.51. The maximum absolute atomic E-state index is 9.82. The molecule has 96 valence electrons. The molecule has 3 nitrogen and oxygen atoms in total. The van der Waals surface area contributed by atoms with Crippen LogP contribution in [-0.2, 0) is 0 Å². The summed E-state index contributed by atoms with van der Waals surface area (Å²) in [6, 6.07) is 5.88. The van der Waals surface area contributed by atoms with Crippen molar-refractivity contribution in [2.24, 2.45) is 0 Å². The van der Waals surface area contributed by atoms with Crippen LogP contribution in [0.2, 0.25) is 0 Å². The van der Waals surface area contributed by atoms with Gasteiger partial charge in [0.1, 0.15) is 5.75 Å². The smallest absolute Gasteiger partial charge is 0.125 e. The van der Waals surface area contributed by atoms with Crippen LogP contribution in [-0.4, -0.2) is 43.5 Å². The predicted octanol–water partition coefficient (Wildman–Crippen LogP) is 2.40. The highest BCUT2D eigenvalue weighted by molar-refractivity contribution is 7.99. The second kappa shape index (κ2) is 6.89. The van der Waals surface area contributed by atoms with Gasteiger partial charge in [-0.15, -0.1) is 11.8 Å². The van der Waals surface area contributed by atoms with Crippen molar-refractivity contribution in [3.05, 3.63) is 23.8 Å². The second-order valence-corrected chi connectivity index (χ2v) is 5.34. The molecule has 0 saturated heterocycles. The first-order valence-corrected chi connectivity index (χ1v) is 6.67. The Morgan fingerprint density at radius 3 is 2.65 bits per heavy atom. The van der Waals surface area contributed by atoms with Gasteiger partial charge in [-0.3, -0.25) is 0 Å². The van der Waals surface area contributed by atoms with E-state index in [1.807, 2.05) is 18.2 Å². The van der Waals surface area contributed by atoms with Crippen molar-refractivity contribution in [3.63, 3.8) is 0 Å². The Morgan fingerprint density at radius 2 is 2.12 bits per heavy atom. The molecule has 0 aliphatic carbocycles. The van der Waals surface area contributed by atoms with Crippen LogP contribution >= 0.6 is 11.8 Å². The lowest BCUT2D eigenvalue weighted by Gasteiger charge is -2.16. The largest absolute Gasteiger partial charge is 0.496 e. The zero-order valence-corrected chi connectivity index (χ0v) is 11.8.